The Morgan fingerprint density at radius 3 is 2.14 bits per heavy atom. The van der Waals surface area contributed by atoms with Crippen molar-refractivity contribution in [2.45, 2.75) is 122 Å². The highest BCUT2D eigenvalue weighted by molar-refractivity contribution is 6.30. The van der Waals surface area contributed by atoms with Crippen LogP contribution in [0.15, 0.2) is 120 Å². The number of carbonyl (C=O) groups is 3. The highest BCUT2D eigenvalue weighted by Crippen LogP contribution is 2.54. The fourth-order valence-corrected chi connectivity index (χ4v) is 13.2. The molecule has 0 spiro atoms. The first kappa shape index (κ1) is 70.1. The number of halogens is 3. The number of benzene rings is 3. The number of carbonyl (C=O) groups excluding carboxylic acids is 3. The third-order valence-corrected chi connectivity index (χ3v) is 19.1. The van der Waals surface area contributed by atoms with Crippen LogP contribution in [0.4, 0.5) is 20.7 Å². The zero-order chi connectivity index (χ0) is 67.4. The van der Waals surface area contributed by atoms with Gasteiger partial charge in [-0.05, 0) is 129 Å². The Balaban J connectivity index is 0.642. The number of nitrogens with two attached hydrogens (primary N) is 1. The molecule has 6 heterocycles. The van der Waals surface area contributed by atoms with Gasteiger partial charge in [-0.1, -0.05) is 87.0 Å². The largest absolute Gasteiger partial charge is 0.493 e. The Kier molecular flexibility index (Phi) is 23.2. The zero-order valence-corrected chi connectivity index (χ0v) is 57.0. The first-order valence-corrected chi connectivity index (χ1v) is 33.8. The molecule has 5 aromatic rings. The molecule has 0 unspecified atom stereocenters. The summed E-state index contributed by atoms with van der Waals surface area (Å²) >= 11 is 13.0. The summed E-state index contributed by atoms with van der Waals surface area (Å²) in [6.07, 6.45) is 9.20. The summed E-state index contributed by atoms with van der Waals surface area (Å²) in [6, 6.07) is 25.5. The third-order valence-electron chi connectivity index (χ3n) is 18.6. The number of aromatic nitrogens is 3. The lowest BCUT2D eigenvalue weighted by Gasteiger charge is -2.47. The predicted octanol–water partition coefficient (Wildman–Crippen LogP) is 11.1. The molecular formula is C72H89Cl2FN12O8. The summed E-state index contributed by atoms with van der Waals surface area (Å²) in [7, 11) is 0. The molecule has 3 N–H and O–H groups in total. The van der Waals surface area contributed by atoms with E-state index in [-0.39, 0.29) is 80.1 Å². The van der Waals surface area contributed by atoms with E-state index in [9.17, 15) is 14.9 Å². The van der Waals surface area contributed by atoms with Gasteiger partial charge in [0.05, 0.1) is 95.5 Å². The van der Waals surface area contributed by atoms with Crippen molar-refractivity contribution < 1.29 is 42.5 Å². The number of rotatable bonds is 24. The fourth-order valence-electron chi connectivity index (χ4n) is 13.0. The Morgan fingerprint density at radius 1 is 0.842 bits per heavy atom. The number of nitriles is 1. The normalized spacial score (nSPS) is 21.2. The van der Waals surface area contributed by atoms with Crippen LogP contribution in [0.25, 0.3) is 11.1 Å². The van der Waals surface area contributed by atoms with Crippen LogP contribution in [0.1, 0.15) is 114 Å². The smallest absolute Gasteiger partial charge is 0.326 e. The summed E-state index contributed by atoms with van der Waals surface area (Å²) in [5.41, 5.74) is 11.1. The number of nitrogens with one attached hydrogen (secondary N) is 1. The van der Waals surface area contributed by atoms with Crippen molar-refractivity contribution >= 4 is 58.4 Å². The average Bonchev–Trinajstić information content (AvgIpc) is 1.55. The van der Waals surface area contributed by atoms with E-state index in [4.69, 9.17) is 62.7 Å². The maximum Gasteiger partial charge on any atom is 0.326 e. The van der Waals surface area contributed by atoms with Crippen molar-refractivity contribution in [1.82, 2.24) is 39.7 Å². The van der Waals surface area contributed by atoms with Crippen molar-refractivity contribution in [3.63, 3.8) is 0 Å². The first-order valence-electron chi connectivity index (χ1n) is 33.1. The Bertz CT molecular complexity index is 3690. The molecule has 0 radical (unpaired) electrons. The van der Waals surface area contributed by atoms with Crippen molar-refractivity contribution in [3.8, 4) is 22.9 Å². The van der Waals surface area contributed by atoms with E-state index in [0.29, 0.717) is 148 Å². The van der Waals surface area contributed by atoms with Crippen LogP contribution >= 0.6 is 23.2 Å². The molecule has 2 saturated heterocycles. The second kappa shape index (κ2) is 31.5. The summed E-state index contributed by atoms with van der Waals surface area (Å²) in [5, 5.41) is 19.7. The lowest BCUT2D eigenvalue weighted by Crippen LogP contribution is -2.60. The maximum atomic E-state index is 15.5. The van der Waals surface area contributed by atoms with E-state index >= 15 is 9.18 Å². The highest BCUT2D eigenvalue weighted by atomic mass is 35.5. The van der Waals surface area contributed by atoms with Gasteiger partial charge in [-0.25, -0.2) is 14.2 Å². The number of amides is 4. The summed E-state index contributed by atoms with van der Waals surface area (Å²) in [5.74, 6) is 0.581. The van der Waals surface area contributed by atoms with E-state index in [1.807, 2.05) is 77.4 Å². The second-order valence-corrected chi connectivity index (χ2v) is 26.8. The van der Waals surface area contributed by atoms with Gasteiger partial charge in [0.15, 0.2) is 0 Å². The van der Waals surface area contributed by atoms with Crippen LogP contribution in [-0.2, 0) is 58.1 Å². The molecule has 3 atom stereocenters. The molecule has 4 amide bonds. The van der Waals surface area contributed by atoms with Crippen LogP contribution in [0, 0.1) is 11.3 Å². The van der Waals surface area contributed by atoms with Gasteiger partial charge in [0.25, 0.3) is 0 Å². The Labute approximate surface area is 567 Å². The number of aliphatic imine (C=N–C) groups is 1. The Morgan fingerprint density at radius 2 is 1.49 bits per heavy atom. The van der Waals surface area contributed by atoms with Crippen molar-refractivity contribution in [3.05, 3.63) is 159 Å². The van der Waals surface area contributed by atoms with Crippen molar-refractivity contribution in [2.75, 3.05) is 116 Å². The molecule has 5 aliphatic rings. The molecule has 23 heteroatoms. The minimum absolute atomic E-state index is 0.000484. The van der Waals surface area contributed by atoms with E-state index < -0.39 is 16.9 Å². The quantitative estimate of drug-likeness (QED) is 0.0549. The van der Waals surface area contributed by atoms with E-state index in [1.54, 1.807) is 15.8 Å². The molecule has 2 aromatic heterocycles. The lowest BCUT2D eigenvalue weighted by atomic mass is 9.71. The molecule has 1 saturated carbocycles. The number of amidine groups is 1. The number of nitrogens with zero attached hydrogens (tertiary/aromatic N) is 10. The minimum Gasteiger partial charge on any atom is -0.493 e. The molecule has 3 aromatic carbocycles. The van der Waals surface area contributed by atoms with E-state index in [0.717, 1.165) is 47.9 Å². The lowest BCUT2D eigenvalue weighted by molar-refractivity contribution is -0.131. The zero-order valence-electron chi connectivity index (χ0n) is 55.5. The second-order valence-electron chi connectivity index (χ2n) is 25.9. The fraction of sp³-hybridized carbons (Fsp3) is 0.486. The average molecular weight is 1340 g/mol. The monoisotopic (exact) mass is 1340 g/mol. The number of urea groups is 1. The van der Waals surface area contributed by atoms with Gasteiger partial charge < -0.3 is 49.4 Å². The van der Waals surface area contributed by atoms with Crippen molar-refractivity contribution in [1.29, 1.82) is 5.26 Å². The Hall–Kier alpha value is -7.68. The summed E-state index contributed by atoms with van der Waals surface area (Å²) in [4.78, 5) is 62.2. The minimum atomic E-state index is -1.03. The molecule has 3 fully saturated rings. The van der Waals surface area contributed by atoms with Gasteiger partial charge in [-0.3, -0.25) is 29.1 Å². The van der Waals surface area contributed by atoms with Gasteiger partial charge in [0.2, 0.25) is 11.8 Å². The number of allylic oxidation sites excluding steroid dienone is 2. The molecule has 2 bridgehead atoms. The molecule has 4 aliphatic heterocycles. The third kappa shape index (κ3) is 16.4. The van der Waals surface area contributed by atoms with E-state index in [1.165, 1.54) is 18.2 Å². The number of ether oxygens (including phenoxy) is 5. The highest BCUT2D eigenvalue weighted by Gasteiger charge is 2.60. The standard InChI is InChI=1S/C72H89Cl2FN12O8/c1-8-95-63-45-53(70(3,4)5)18-25-58(63)68-80-71(6,51-14-19-54(73)20-15-51)72(7,52-16-21-55(74)22-17-52)87(68)69(90)83-32-30-82(31-33-83)34-36-92-38-40-94-42-41-93-39-37-91-35-26-64(88)78-27-29-86-62(46-76)66-50-44-61(67(77)79-47-50)84-28-10-12-60(84)49(2)43-56(75)11-9-13-65(89)85(57-23-24-57)48-59(66)81-86/h9,11,14-22,25,43-45,47,57,60H,2,8,10,12-13,23-24,26-42,48H2,1,3-7H3,(H2,77,79)(H,78,88)/b11-9-,56-43+/t60-,71+,72-/m1/s1. The van der Waals surface area contributed by atoms with Crippen molar-refractivity contribution in [2.24, 2.45) is 4.99 Å². The molecule has 506 valence electrons. The number of piperazine rings is 1. The molecular weight excluding hydrogens is 1250 g/mol. The number of fused-ring (bicyclic) bond motifs is 6. The molecule has 10 rings (SSSR count). The number of hydrogen-bond donors (Lipinski definition) is 2. The summed E-state index contributed by atoms with van der Waals surface area (Å²) in [6.45, 7) is 24.3. The number of nitrogen functional groups attached to an aromatic ring is 1. The van der Waals surface area contributed by atoms with Crippen LogP contribution < -0.4 is 20.7 Å². The van der Waals surface area contributed by atoms with Gasteiger partial charge in [0.1, 0.15) is 46.1 Å². The van der Waals surface area contributed by atoms with Crippen LogP contribution in [-0.4, -0.2) is 175 Å². The number of anilines is 2. The van der Waals surface area contributed by atoms with Crippen LogP contribution in [0.5, 0.6) is 5.75 Å². The molecule has 95 heavy (non-hydrogen) atoms. The summed E-state index contributed by atoms with van der Waals surface area (Å²) < 4.78 is 46.2. The van der Waals surface area contributed by atoms with Gasteiger partial charge in [-0.2, -0.15) is 10.4 Å². The maximum absolute atomic E-state index is 15.5. The number of pyridine rings is 1. The van der Waals surface area contributed by atoms with Gasteiger partial charge in [0, 0.05) is 92.1 Å². The van der Waals surface area contributed by atoms with Crippen LogP contribution in [0.3, 0.4) is 0 Å². The molecule has 20 nitrogen and oxygen atoms in total. The van der Waals surface area contributed by atoms with Gasteiger partial charge in [-0.15, -0.1) is 0 Å². The first-order chi connectivity index (χ1) is 45.7. The SMILES string of the molecule is C=C1/C=C(F)\C=C/CC(=O)N(C2CC2)Cc2nn(CCNC(=O)CCOCCOCCOCCOCCN3CCN(C(=O)N4C(c5ccc(C(C)(C)C)cc5OCC)=N[C@@](C)(c5ccc(Cl)cc5)[C@@]4(C)c4ccc(Cl)cc4)CC3)c(C#N)c2-c2cnc(N)c(c2)N2CCC[C@H]12. The van der Waals surface area contributed by atoms with Gasteiger partial charge >= 0.3 is 6.03 Å². The predicted molar refractivity (Wildman–Crippen MR) is 367 cm³/mol. The van der Waals surface area contributed by atoms with E-state index in [2.05, 4.69) is 79.5 Å². The van der Waals surface area contributed by atoms with Crippen LogP contribution in [0.2, 0.25) is 10.0 Å². The topological polar surface area (TPSA) is 218 Å². The molecule has 1 aliphatic carbocycles. The number of hydrogen-bond acceptors (Lipinski definition) is 15.